The fourth-order valence-corrected chi connectivity index (χ4v) is 8.06. The second kappa shape index (κ2) is 8.74. The van der Waals surface area contributed by atoms with Crippen molar-refractivity contribution in [1.29, 1.82) is 0 Å². The van der Waals surface area contributed by atoms with Crippen molar-refractivity contribution >= 4 is 6.09 Å². The van der Waals surface area contributed by atoms with Gasteiger partial charge in [-0.15, -0.1) is 0 Å². The van der Waals surface area contributed by atoms with Crippen LogP contribution in [0.15, 0.2) is 0 Å². The van der Waals surface area contributed by atoms with E-state index in [1.807, 2.05) is 0 Å². The van der Waals surface area contributed by atoms with E-state index in [4.69, 9.17) is 4.74 Å². The van der Waals surface area contributed by atoms with Gasteiger partial charge in [-0.3, -0.25) is 4.90 Å². The van der Waals surface area contributed by atoms with E-state index >= 15 is 0 Å². The van der Waals surface area contributed by atoms with E-state index in [-0.39, 0.29) is 18.3 Å². The molecule has 1 amide bonds. The summed E-state index contributed by atoms with van der Waals surface area (Å²) in [5.41, 5.74) is 0. The summed E-state index contributed by atoms with van der Waals surface area (Å²) in [6.45, 7) is 3.06. The van der Waals surface area contributed by atoms with Gasteiger partial charge in [0.05, 0.1) is 6.10 Å². The van der Waals surface area contributed by atoms with Crippen molar-refractivity contribution in [2.45, 2.75) is 82.8 Å². The highest BCUT2D eigenvalue weighted by molar-refractivity contribution is 5.67. The van der Waals surface area contributed by atoms with Gasteiger partial charge in [0, 0.05) is 26.2 Å². The predicted octanol–water partition coefficient (Wildman–Crippen LogP) is 3.80. The van der Waals surface area contributed by atoms with E-state index in [9.17, 15) is 9.90 Å². The fourth-order valence-electron chi connectivity index (χ4n) is 8.06. The first-order valence-corrected chi connectivity index (χ1v) is 12.5. The zero-order chi connectivity index (χ0) is 19.8. The molecule has 2 N–H and O–H groups in total. The molecule has 7 unspecified atom stereocenters. The van der Waals surface area contributed by atoms with E-state index in [0.717, 1.165) is 74.4 Å². The highest BCUT2D eigenvalue weighted by Crippen LogP contribution is 2.57. The number of likely N-dealkylation sites (tertiary alicyclic amines) is 1. The average molecular weight is 405 g/mol. The number of hydrogen-bond donors (Lipinski definition) is 2. The molecule has 0 spiro atoms. The number of rotatable bonds is 4. The average Bonchev–Trinajstić information content (AvgIpc) is 3.36. The Kier molecular flexibility index (Phi) is 6.06. The molecular formula is C24H40N2O3. The number of carbonyl (C=O) groups excluding carboxylic acids is 1. The normalized spacial score (nSPS) is 44.6. The van der Waals surface area contributed by atoms with Crippen molar-refractivity contribution in [1.82, 2.24) is 10.2 Å². The number of nitrogens with one attached hydrogen (secondary N) is 1. The van der Waals surface area contributed by atoms with Crippen molar-refractivity contribution < 1.29 is 14.6 Å². The summed E-state index contributed by atoms with van der Waals surface area (Å²) in [6, 6.07) is 0. The second-order valence-corrected chi connectivity index (χ2v) is 10.8. The largest absolute Gasteiger partial charge is 0.446 e. The molecule has 0 aromatic heterocycles. The Morgan fingerprint density at radius 2 is 1.66 bits per heavy atom. The highest BCUT2D eigenvalue weighted by Gasteiger charge is 2.49. The third-order valence-corrected chi connectivity index (χ3v) is 9.32. The summed E-state index contributed by atoms with van der Waals surface area (Å²) in [5, 5.41) is 12.5. The first-order chi connectivity index (χ1) is 14.2. The Hall–Kier alpha value is -0.810. The van der Waals surface area contributed by atoms with Crippen LogP contribution in [0, 0.1) is 35.5 Å². The maximum atomic E-state index is 12.3. The molecule has 5 rings (SSSR count). The number of aliphatic hydroxyl groups is 1. The molecule has 0 bridgehead atoms. The molecule has 0 aromatic rings. The summed E-state index contributed by atoms with van der Waals surface area (Å²) >= 11 is 0. The van der Waals surface area contributed by atoms with Crippen molar-refractivity contribution in [3.8, 4) is 0 Å². The van der Waals surface area contributed by atoms with Gasteiger partial charge in [0.25, 0.3) is 0 Å². The summed E-state index contributed by atoms with van der Waals surface area (Å²) < 4.78 is 5.81. The lowest BCUT2D eigenvalue weighted by Gasteiger charge is -2.52. The van der Waals surface area contributed by atoms with Crippen molar-refractivity contribution in [3.63, 3.8) is 0 Å². The quantitative estimate of drug-likeness (QED) is 0.748. The minimum absolute atomic E-state index is 0.115. The summed E-state index contributed by atoms with van der Waals surface area (Å²) in [6.07, 6.45) is 14.2. The van der Waals surface area contributed by atoms with E-state index in [0.29, 0.717) is 6.54 Å². The van der Waals surface area contributed by atoms with Crippen LogP contribution >= 0.6 is 0 Å². The number of β-amino-alcohol motifs (C(OH)–C–C–N with tert-alkyl or cyclic N) is 1. The molecule has 1 saturated heterocycles. The zero-order valence-electron chi connectivity index (χ0n) is 17.9. The van der Waals surface area contributed by atoms with Gasteiger partial charge >= 0.3 is 6.09 Å². The predicted molar refractivity (Wildman–Crippen MR) is 112 cm³/mol. The van der Waals surface area contributed by atoms with Crippen molar-refractivity contribution in [2.24, 2.45) is 35.5 Å². The van der Waals surface area contributed by atoms with Gasteiger partial charge < -0.3 is 15.2 Å². The van der Waals surface area contributed by atoms with Crippen LogP contribution in [-0.4, -0.2) is 54.5 Å². The number of carbonyl (C=O) groups is 1. The van der Waals surface area contributed by atoms with Crippen LogP contribution in [0.25, 0.3) is 0 Å². The van der Waals surface area contributed by atoms with Gasteiger partial charge in [-0.25, -0.2) is 4.79 Å². The van der Waals surface area contributed by atoms with Crippen LogP contribution in [0.4, 0.5) is 4.79 Å². The fraction of sp³-hybridized carbons (Fsp3) is 0.958. The highest BCUT2D eigenvalue weighted by atomic mass is 16.6. The SMILES string of the molecule is O=C(NCCN1CC[C@@H](O)C1)OC1CCC2C(CCC3C4CCCC4CCC23)C1. The van der Waals surface area contributed by atoms with Gasteiger partial charge in [-0.2, -0.15) is 0 Å². The van der Waals surface area contributed by atoms with Gasteiger partial charge in [0.2, 0.25) is 0 Å². The van der Waals surface area contributed by atoms with Gasteiger partial charge in [0.15, 0.2) is 0 Å². The number of amides is 1. The van der Waals surface area contributed by atoms with Crippen molar-refractivity contribution in [3.05, 3.63) is 0 Å². The Morgan fingerprint density at radius 1 is 0.897 bits per heavy atom. The molecule has 5 nitrogen and oxygen atoms in total. The lowest BCUT2D eigenvalue weighted by Crippen LogP contribution is -2.46. The van der Waals surface area contributed by atoms with Crippen LogP contribution < -0.4 is 5.32 Å². The lowest BCUT2D eigenvalue weighted by molar-refractivity contribution is -0.0487. The second-order valence-electron chi connectivity index (χ2n) is 10.8. The van der Waals surface area contributed by atoms with Gasteiger partial charge in [-0.1, -0.05) is 12.8 Å². The first-order valence-electron chi connectivity index (χ1n) is 12.5. The lowest BCUT2D eigenvalue weighted by atomic mass is 9.53. The number of nitrogens with zero attached hydrogens (tertiary/aromatic N) is 1. The van der Waals surface area contributed by atoms with Crippen LogP contribution in [-0.2, 0) is 4.74 Å². The van der Waals surface area contributed by atoms with Crippen LogP contribution in [0.2, 0.25) is 0 Å². The number of hydrogen-bond acceptors (Lipinski definition) is 4. The van der Waals surface area contributed by atoms with E-state index in [1.165, 1.54) is 51.4 Å². The molecule has 5 fully saturated rings. The Labute approximate surface area is 175 Å². The Balaban J connectivity index is 1.06. The molecule has 4 aliphatic carbocycles. The molecule has 1 aliphatic heterocycles. The third-order valence-electron chi connectivity index (χ3n) is 9.32. The molecule has 29 heavy (non-hydrogen) atoms. The third kappa shape index (κ3) is 4.32. The van der Waals surface area contributed by atoms with Gasteiger partial charge in [0.1, 0.15) is 6.10 Å². The van der Waals surface area contributed by atoms with E-state index < -0.39 is 0 Å². The molecule has 0 aromatic carbocycles. The smallest absolute Gasteiger partial charge is 0.407 e. The minimum atomic E-state index is -0.242. The molecule has 1 heterocycles. The summed E-state index contributed by atoms with van der Waals surface area (Å²) in [4.78, 5) is 14.5. The number of aliphatic hydroxyl groups excluding tert-OH is 1. The maximum Gasteiger partial charge on any atom is 0.407 e. The number of ether oxygens (including phenoxy) is 1. The van der Waals surface area contributed by atoms with Gasteiger partial charge in [-0.05, 0) is 93.3 Å². The Morgan fingerprint density at radius 3 is 2.45 bits per heavy atom. The van der Waals surface area contributed by atoms with Crippen LogP contribution in [0.5, 0.6) is 0 Å². The van der Waals surface area contributed by atoms with Crippen LogP contribution in [0.3, 0.4) is 0 Å². The summed E-state index contributed by atoms with van der Waals surface area (Å²) in [7, 11) is 0. The van der Waals surface area contributed by atoms with Crippen LogP contribution in [0.1, 0.15) is 70.6 Å². The topological polar surface area (TPSA) is 61.8 Å². The molecular weight excluding hydrogens is 364 g/mol. The standard InChI is InChI=1S/C24H40N2O3/c27-18-10-12-26(15-18)13-11-25-24(28)29-19-6-9-21-17(14-19)5-8-22-20-3-1-2-16(20)4-7-23(21)22/h16-23,27H,1-15H2,(H,25,28)/t16?,17?,18-,19?,20?,21?,22?,23?/m1/s1. The maximum absolute atomic E-state index is 12.3. The molecule has 0 radical (unpaired) electrons. The van der Waals surface area contributed by atoms with Crippen molar-refractivity contribution in [2.75, 3.05) is 26.2 Å². The number of fused-ring (bicyclic) bond motifs is 5. The van der Waals surface area contributed by atoms with E-state index in [2.05, 4.69) is 10.2 Å². The molecule has 8 atom stereocenters. The molecule has 164 valence electrons. The molecule has 5 heteroatoms. The first kappa shape index (κ1) is 20.1. The molecule has 5 aliphatic rings. The zero-order valence-corrected chi connectivity index (χ0v) is 17.9. The Bertz CT molecular complexity index is 584. The van der Waals surface area contributed by atoms with E-state index in [1.54, 1.807) is 0 Å². The minimum Gasteiger partial charge on any atom is -0.446 e. The molecule has 4 saturated carbocycles. The number of alkyl carbamates (subject to hydrolysis) is 1. The summed E-state index contributed by atoms with van der Waals surface area (Å²) in [5.74, 6) is 5.78. The monoisotopic (exact) mass is 404 g/mol.